The minimum atomic E-state index is -0.678. The van der Waals surface area contributed by atoms with Crippen LogP contribution in [0.4, 0.5) is 4.79 Å². The zero-order valence-corrected chi connectivity index (χ0v) is 25.0. The molecule has 4 rings (SSSR count). The molecule has 1 aromatic heterocycles. The largest absolute Gasteiger partial charge is 0.508 e. The number of benzene rings is 1. The van der Waals surface area contributed by atoms with Crippen LogP contribution in [-0.4, -0.2) is 67.5 Å². The predicted molar refractivity (Wildman–Crippen MR) is 153 cm³/mol. The van der Waals surface area contributed by atoms with E-state index in [1.807, 2.05) is 18.7 Å². The zero-order valence-electron chi connectivity index (χ0n) is 24.2. The summed E-state index contributed by atoms with van der Waals surface area (Å²) in [6.45, 7) is 12.6. The number of nitrogens with zero attached hydrogens (tertiary/aromatic N) is 1. The maximum absolute atomic E-state index is 13.3. The summed E-state index contributed by atoms with van der Waals surface area (Å²) in [5.74, 6) is 1.04. The van der Waals surface area contributed by atoms with Gasteiger partial charge >= 0.3 is 6.16 Å². The number of fused-ring (bicyclic) bond motifs is 1. The first-order valence-electron chi connectivity index (χ1n) is 14.0. The van der Waals surface area contributed by atoms with Crippen molar-refractivity contribution in [3.63, 3.8) is 0 Å². The highest BCUT2D eigenvalue weighted by molar-refractivity contribution is 7.14. The standard InChI is InChI=1S/C31H43NO6S/c1-7-27-25-14-31(4,5)11-10-24(25)29(39-27)26(34)9-8-21-12-19(2)28(20(3)13-21)37-18-22(33)15-32-16-23(17-32)38-30(35)36-6/h12-13,22-23,33H,7-11,14-18H2,1-6H3. The Labute approximate surface area is 236 Å². The fraction of sp³-hybridized carbons (Fsp3) is 0.613. The summed E-state index contributed by atoms with van der Waals surface area (Å²) in [5, 5.41) is 10.4. The molecule has 1 unspecified atom stereocenters. The van der Waals surface area contributed by atoms with Gasteiger partial charge in [0.15, 0.2) is 5.78 Å². The van der Waals surface area contributed by atoms with Crippen molar-refractivity contribution in [2.24, 2.45) is 5.41 Å². The maximum atomic E-state index is 13.3. The summed E-state index contributed by atoms with van der Waals surface area (Å²) in [4.78, 5) is 28.9. The van der Waals surface area contributed by atoms with Gasteiger partial charge < -0.3 is 19.3 Å². The number of hydrogen-bond donors (Lipinski definition) is 1. The molecule has 0 saturated carbocycles. The van der Waals surface area contributed by atoms with Gasteiger partial charge in [-0.15, -0.1) is 11.3 Å². The second-order valence-corrected chi connectivity index (χ2v) is 13.0. The zero-order chi connectivity index (χ0) is 28.3. The van der Waals surface area contributed by atoms with Gasteiger partial charge in [0.05, 0.1) is 12.0 Å². The Morgan fingerprint density at radius 1 is 1.18 bits per heavy atom. The third kappa shape index (κ3) is 7.21. The molecule has 1 fully saturated rings. The van der Waals surface area contributed by atoms with E-state index in [1.54, 1.807) is 11.3 Å². The van der Waals surface area contributed by atoms with E-state index < -0.39 is 12.3 Å². The van der Waals surface area contributed by atoms with Crippen molar-refractivity contribution >= 4 is 23.3 Å². The Hall–Kier alpha value is -2.42. The summed E-state index contributed by atoms with van der Waals surface area (Å²) < 4.78 is 15.6. The predicted octanol–water partition coefficient (Wildman–Crippen LogP) is 5.46. The number of Topliss-reactive ketones (excluding diaryl/α,β-unsaturated/α-hetero) is 1. The molecule has 0 amide bonds. The van der Waals surface area contributed by atoms with Gasteiger partial charge in [0.1, 0.15) is 24.6 Å². The van der Waals surface area contributed by atoms with Crippen LogP contribution in [0.25, 0.3) is 0 Å². The lowest BCUT2D eigenvalue weighted by Crippen LogP contribution is -2.55. The summed E-state index contributed by atoms with van der Waals surface area (Å²) in [6, 6.07) is 4.19. The molecule has 1 aliphatic heterocycles. The van der Waals surface area contributed by atoms with Crippen LogP contribution in [0.2, 0.25) is 0 Å². The van der Waals surface area contributed by atoms with Gasteiger partial charge in [-0.3, -0.25) is 9.69 Å². The molecular weight excluding hydrogens is 514 g/mol. The fourth-order valence-electron chi connectivity index (χ4n) is 5.81. The van der Waals surface area contributed by atoms with Crippen LogP contribution in [0.5, 0.6) is 5.75 Å². The van der Waals surface area contributed by atoms with Crippen LogP contribution >= 0.6 is 11.3 Å². The number of rotatable bonds is 11. The second-order valence-electron chi connectivity index (χ2n) is 11.9. The van der Waals surface area contributed by atoms with Crippen molar-refractivity contribution in [1.82, 2.24) is 4.90 Å². The Balaban J connectivity index is 1.29. The first kappa shape index (κ1) is 29.6. The molecule has 214 valence electrons. The van der Waals surface area contributed by atoms with Crippen LogP contribution in [0.1, 0.15) is 76.0 Å². The lowest BCUT2D eigenvalue weighted by atomic mass is 9.74. The number of aryl methyl sites for hydroxylation is 4. The van der Waals surface area contributed by atoms with Crippen molar-refractivity contribution in [2.75, 3.05) is 33.4 Å². The number of carbonyl (C=O) groups excluding carboxylic acids is 2. The molecule has 0 bridgehead atoms. The quantitative estimate of drug-likeness (QED) is 0.290. The molecule has 1 saturated heterocycles. The van der Waals surface area contributed by atoms with E-state index in [-0.39, 0.29) is 18.5 Å². The summed E-state index contributed by atoms with van der Waals surface area (Å²) in [5.41, 5.74) is 6.21. The number of carbonyl (C=O) groups is 2. The van der Waals surface area contributed by atoms with Gasteiger partial charge in [-0.25, -0.2) is 4.79 Å². The van der Waals surface area contributed by atoms with Crippen LogP contribution in [0.15, 0.2) is 12.1 Å². The van der Waals surface area contributed by atoms with Gasteiger partial charge in [0.25, 0.3) is 0 Å². The smallest absolute Gasteiger partial charge is 0.490 e. The Kier molecular flexibility index (Phi) is 9.40. The fourth-order valence-corrected chi connectivity index (χ4v) is 7.08. The molecule has 2 aliphatic rings. The highest BCUT2D eigenvalue weighted by atomic mass is 32.1. The maximum Gasteiger partial charge on any atom is 0.508 e. The Morgan fingerprint density at radius 3 is 2.51 bits per heavy atom. The normalized spacial score (nSPS) is 17.7. The molecule has 39 heavy (non-hydrogen) atoms. The number of methoxy groups -OCH3 is 1. The average molecular weight is 558 g/mol. The topological polar surface area (TPSA) is 85.3 Å². The van der Waals surface area contributed by atoms with Crippen molar-refractivity contribution in [1.29, 1.82) is 0 Å². The molecule has 1 N–H and O–H groups in total. The summed E-state index contributed by atoms with van der Waals surface area (Å²) >= 11 is 1.73. The van der Waals surface area contributed by atoms with Crippen molar-refractivity contribution in [3.05, 3.63) is 49.7 Å². The van der Waals surface area contributed by atoms with Gasteiger partial charge in [0.2, 0.25) is 0 Å². The second kappa shape index (κ2) is 12.4. The molecule has 1 aromatic carbocycles. The van der Waals surface area contributed by atoms with E-state index in [1.165, 1.54) is 23.1 Å². The van der Waals surface area contributed by atoms with Crippen LogP contribution in [0, 0.1) is 19.3 Å². The van der Waals surface area contributed by atoms with Gasteiger partial charge in [-0.2, -0.15) is 0 Å². The highest BCUT2D eigenvalue weighted by Crippen LogP contribution is 2.42. The molecule has 1 aliphatic carbocycles. The first-order chi connectivity index (χ1) is 18.5. The first-order valence-corrected chi connectivity index (χ1v) is 14.9. The van der Waals surface area contributed by atoms with E-state index in [0.29, 0.717) is 37.9 Å². The SMILES string of the molecule is CCc1sc(C(=O)CCc2cc(C)c(OCC(O)CN3CC(OC(=O)OC)C3)c(C)c2)c2c1CC(C)(C)CC2. The molecule has 0 radical (unpaired) electrons. The number of thiophene rings is 1. The minimum Gasteiger partial charge on any atom is -0.490 e. The van der Waals surface area contributed by atoms with Gasteiger partial charge in [-0.05, 0) is 79.2 Å². The molecule has 1 atom stereocenters. The molecule has 0 spiro atoms. The van der Waals surface area contributed by atoms with Crippen molar-refractivity contribution < 1.29 is 28.9 Å². The van der Waals surface area contributed by atoms with E-state index in [4.69, 9.17) is 9.47 Å². The van der Waals surface area contributed by atoms with Crippen molar-refractivity contribution in [3.8, 4) is 5.75 Å². The lowest BCUT2D eigenvalue weighted by Gasteiger charge is -2.38. The summed E-state index contributed by atoms with van der Waals surface area (Å²) in [6.07, 6.45) is 3.89. The van der Waals surface area contributed by atoms with E-state index in [2.05, 4.69) is 37.6 Å². The molecule has 2 heterocycles. The van der Waals surface area contributed by atoms with Gasteiger partial charge in [0, 0.05) is 30.9 Å². The molecule has 8 heteroatoms. The Bertz CT molecular complexity index is 1170. The van der Waals surface area contributed by atoms with E-state index in [9.17, 15) is 14.7 Å². The molecule has 7 nitrogen and oxygen atoms in total. The van der Waals surface area contributed by atoms with Crippen LogP contribution < -0.4 is 4.74 Å². The lowest BCUT2D eigenvalue weighted by molar-refractivity contribution is -0.0555. The number of hydrogen-bond acceptors (Lipinski definition) is 8. The number of β-amino-alcohol motifs (C(OH)–C–C–N with tert-alkyl or cyclic N) is 1. The molecular formula is C31H43NO6S. The van der Waals surface area contributed by atoms with Crippen LogP contribution in [-0.2, 0) is 35.2 Å². The highest BCUT2D eigenvalue weighted by Gasteiger charge is 2.33. The third-order valence-corrected chi connectivity index (χ3v) is 9.34. The molecule has 2 aromatic rings. The van der Waals surface area contributed by atoms with Crippen LogP contribution in [0.3, 0.4) is 0 Å². The number of aliphatic hydroxyl groups is 1. The van der Waals surface area contributed by atoms with E-state index >= 15 is 0 Å². The Morgan fingerprint density at radius 2 is 1.87 bits per heavy atom. The number of likely N-dealkylation sites (tertiary alicyclic amines) is 1. The number of ketones is 1. The van der Waals surface area contributed by atoms with Crippen molar-refractivity contribution in [2.45, 2.75) is 85.4 Å². The minimum absolute atomic E-state index is 0.179. The summed E-state index contributed by atoms with van der Waals surface area (Å²) in [7, 11) is 1.29. The number of aliphatic hydroxyl groups excluding tert-OH is 1. The van der Waals surface area contributed by atoms with Gasteiger partial charge in [-0.1, -0.05) is 32.9 Å². The average Bonchev–Trinajstić information content (AvgIpc) is 3.22. The number of ether oxygens (including phenoxy) is 3. The van der Waals surface area contributed by atoms with E-state index in [0.717, 1.165) is 53.0 Å². The third-order valence-electron chi connectivity index (χ3n) is 7.88. The monoisotopic (exact) mass is 557 g/mol.